The SMILES string of the molecule is Fc1cc(F)cc(C2=NO[C@@H](CBr)C2)c1. The molecule has 1 aromatic carbocycles. The molecule has 0 fully saturated rings. The van der Waals surface area contributed by atoms with E-state index in [0.29, 0.717) is 23.0 Å². The molecule has 0 saturated heterocycles. The molecule has 15 heavy (non-hydrogen) atoms. The Morgan fingerprint density at radius 2 is 2.00 bits per heavy atom. The Labute approximate surface area is 94.0 Å². The smallest absolute Gasteiger partial charge is 0.142 e. The zero-order chi connectivity index (χ0) is 10.8. The summed E-state index contributed by atoms with van der Waals surface area (Å²) in [5.74, 6) is -1.20. The first-order valence-electron chi connectivity index (χ1n) is 4.44. The Morgan fingerprint density at radius 1 is 1.33 bits per heavy atom. The first kappa shape index (κ1) is 10.5. The van der Waals surface area contributed by atoms with E-state index < -0.39 is 11.6 Å². The number of oxime groups is 1. The van der Waals surface area contributed by atoms with Gasteiger partial charge in [0.05, 0.1) is 5.71 Å². The van der Waals surface area contributed by atoms with E-state index in [0.717, 1.165) is 6.07 Å². The summed E-state index contributed by atoms with van der Waals surface area (Å²) in [5, 5.41) is 4.44. The van der Waals surface area contributed by atoms with Crippen molar-refractivity contribution in [1.29, 1.82) is 0 Å². The molecule has 1 atom stereocenters. The minimum Gasteiger partial charge on any atom is -0.391 e. The highest BCUT2D eigenvalue weighted by Gasteiger charge is 2.21. The number of benzene rings is 1. The molecule has 0 N–H and O–H groups in total. The molecule has 0 radical (unpaired) electrons. The highest BCUT2D eigenvalue weighted by atomic mass is 79.9. The van der Waals surface area contributed by atoms with Crippen molar-refractivity contribution in [3.63, 3.8) is 0 Å². The average molecular weight is 276 g/mol. The van der Waals surface area contributed by atoms with Gasteiger partial charge in [-0.05, 0) is 12.1 Å². The van der Waals surface area contributed by atoms with E-state index in [-0.39, 0.29) is 6.10 Å². The fraction of sp³-hybridized carbons (Fsp3) is 0.300. The molecule has 0 amide bonds. The molecular weight excluding hydrogens is 268 g/mol. The van der Waals surface area contributed by atoms with E-state index in [2.05, 4.69) is 21.1 Å². The van der Waals surface area contributed by atoms with Gasteiger partial charge in [0.15, 0.2) is 0 Å². The number of hydrogen-bond acceptors (Lipinski definition) is 2. The van der Waals surface area contributed by atoms with Gasteiger partial charge in [-0.1, -0.05) is 21.1 Å². The van der Waals surface area contributed by atoms with Gasteiger partial charge in [0.1, 0.15) is 17.7 Å². The maximum absolute atomic E-state index is 12.9. The van der Waals surface area contributed by atoms with Crippen LogP contribution in [0.25, 0.3) is 0 Å². The molecule has 5 heteroatoms. The number of halogens is 3. The topological polar surface area (TPSA) is 21.6 Å². The van der Waals surface area contributed by atoms with Gasteiger partial charge in [0, 0.05) is 23.4 Å². The summed E-state index contributed by atoms with van der Waals surface area (Å²) < 4.78 is 25.8. The summed E-state index contributed by atoms with van der Waals surface area (Å²) in [4.78, 5) is 5.05. The van der Waals surface area contributed by atoms with Gasteiger partial charge < -0.3 is 4.84 Å². The summed E-state index contributed by atoms with van der Waals surface area (Å²) in [6.07, 6.45) is 0.514. The summed E-state index contributed by atoms with van der Waals surface area (Å²) in [5.41, 5.74) is 1.02. The molecule has 0 unspecified atom stereocenters. The van der Waals surface area contributed by atoms with E-state index >= 15 is 0 Å². The molecule has 80 valence electrons. The number of rotatable bonds is 2. The molecule has 1 heterocycles. The first-order chi connectivity index (χ1) is 7.19. The summed E-state index contributed by atoms with van der Waals surface area (Å²) in [6, 6.07) is 3.34. The molecule has 1 aliphatic rings. The van der Waals surface area contributed by atoms with Crippen molar-refractivity contribution in [2.75, 3.05) is 5.33 Å². The summed E-state index contributed by atoms with van der Waals surface area (Å²) >= 11 is 3.26. The lowest BCUT2D eigenvalue weighted by Gasteiger charge is -2.01. The second kappa shape index (κ2) is 4.26. The normalized spacial score (nSPS) is 19.9. The van der Waals surface area contributed by atoms with Gasteiger partial charge >= 0.3 is 0 Å². The van der Waals surface area contributed by atoms with E-state index in [1.165, 1.54) is 12.1 Å². The molecule has 2 nitrogen and oxygen atoms in total. The molecular formula is C10H8BrF2NO. The molecule has 0 aromatic heterocycles. The Balaban J connectivity index is 2.24. The quantitative estimate of drug-likeness (QED) is 0.761. The van der Waals surface area contributed by atoms with E-state index in [9.17, 15) is 8.78 Å². The molecule has 1 aliphatic heterocycles. The zero-order valence-electron chi connectivity index (χ0n) is 7.71. The molecule has 0 bridgehead atoms. The van der Waals surface area contributed by atoms with Crippen molar-refractivity contribution in [1.82, 2.24) is 0 Å². The second-order valence-corrected chi connectivity index (χ2v) is 3.93. The van der Waals surface area contributed by atoms with Crippen LogP contribution in [-0.4, -0.2) is 17.1 Å². The predicted molar refractivity (Wildman–Crippen MR) is 56.2 cm³/mol. The van der Waals surface area contributed by atoms with Crippen molar-refractivity contribution in [3.05, 3.63) is 35.4 Å². The largest absolute Gasteiger partial charge is 0.391 e. The standard InChI is InChI=1S/C10H8BrF2NO/c11-5-9-4-10(14-15-9)6-1-7(12)3-8(13)2-6/h1-3,9H,4-5H2/t9-/m1/s1. The van der Waals surface area contributed by atoms with Crippen LogP contribution in [0.3, 0.4) is 0 Å². The second-order valence-electron chi connectivity index (χ2n) is 3.28. The Bertz CT molecular complexity index is 388. The predicted octanol–water partition coefficient (Wildman–Crippen LogP) is 2.85. The van der Waals surface area contributed by atoms with E-state index in [1.54, 1.807) is 0 Å². The van der Waals surface area contributed by atoms with Gasteiger partial charge in [-0.15, -0.1) is 0 Å². The van der Waals surface area contributed by atoms with Crippen molar-refractivity contribution in [2.45, 2.75) is 12.5 Å². The lowest BCUT2D eigenvalue weighted by atomic mass is 10.1. The van der Waals surface area contributed by atoms with Crippen LogP contribution in [0.5, 0.6) is 0 Å². The molecule has 1 aromatic rings. The van der Waals surface area contributed by atoms with Crippen LogP contribution >= 0.6 is 15.9 Å². The monoisotopic (exact) mass is 275 g/mol. The summed E-state index contributed by atoms with van der Waals surface area (Å²) in [6.45, 7) is 0. The molecule has 2 rings (SSSR count). The third-order valence-corrected chi connectivity index (χ3v) is 2.82. The van der Waals surface area contributed by atoms with E-state index in [1.807, 2.05) is 0 Å². The van der Waals surface area contributed by atoms with Crippen molar-refractivity contribution >= 4 is 21.6 Å². The fourth-order valence-electron chi connectivity index (χ4n) is 1.40. The lowest BCUT2D eigenvalue weighted by molar-refractivity contribution is 0.104. The molecule has 0 spiro atoms. The van der Waals surface area contributed by atoms with Gasteiger partial charge in [-0.25, -0.2) is 8.78 Å². The summed E-state index contributed by atoms with van der Waals surface area (Å²) in [7, 11) is 0. The Kier molecular flexibility index (Phi) is 3.00. The minimum absolute atomic E-state index is 0.0497. The minimum atomic E-state index is -0.602. The van der Waals surface area contributed by atoms with Crippen LogP contribution in [-0.2, 0) is 4.84 Å². The van der Waals surface area contributed by atoms with Crippen LogP contribution in [0.4, 0.5) is 8.78 Å². The Morgan fingerprint density at radius 3 is 2.53 bits per heavy atom. The first-order valence-corrected chi connectivity index (χ1v) is 5.56. The van der Waals surface area contributed by atoms with Gasteiger partial charge in [0.2, 0.25) is 0 Å². The maximum Gasteiger partial charge on any atom is 0.142 e. The average Bonchev–Trinajstić information content (AvgIpc) is 2.64. The lowest BCUT2D eigenvalue weighted by Crippen LogP contribution is -2.09. The van der Waals surface area contributed by atoms with Crippen molar-refractivity contribution < 1.29 is 13.6 Å². The fourth-order valence-corrected chi connectivity index (χ4v) is 1.75. The van der Waals surface area contributed by atoms with Crippen LogP contribution in [0.2, 0.25) is 0 Å². The van der Waals surface area contributed by atoms with Gasteiger partial charge in [-0.2, -0.15) is 0 Å². The highest BCUT2D eigenvalue weighted by molar-refractivity contribution is 9.09. The van der Waals surface area contributed by atoms with Crippen LogP contribution in [0.1, 0.15) is 12.0 Å². The van der Waals surface area contributed by atoms with Gasteiger partial charge in [-0.3, -0.25) is 0 Å². The molecule has 0 saturated carbocycles. The van der Waals surface area contributed by atoms with Crippen molar-refractivity contribution in [3.8, 4) is 0 Å². The van der Waals surface area contributed by atoms with Gasteiger partial charge in [0.25, 0.3) is 0 Å². The number of alkyl halides is 1. The Hall–Kier alpha value is -0.970. The van der Waals surface area contributed by atoms with Crippen LogP contribution in [0.15, 0.2) is 23.4 Å². The number of hydrogen-bond donors (Lipinski definition) is 0. The third kappa shape index (κ3) is 2.34. The maximum atomic E-state index is 12.9. The zero-order valence-corrected chi connectivity index (χ0v) is 9.30. The molecule has 0 aliphatic carbocycles. The third-order valence-electron chi connectivity index (χ3n) is 2.10. The highest BCUT2D eigenvalue weighted by Crippen LogP contribution is 2.19. The van der Waals surface area contributed by atoms with E-state index in [4.69, 9.17) is 4.84 Å². The number of nitrogens with zero attached hydrogens (tertiary/aromatic N) is 1. The van der Waals surface area contributed by atoms with Crippen molar-refractivity contribution in [2.24, 2.45) is 5.16 Å². The van der Waals surface area contributed by atoms with Crippen LogP contribution < -0.4 is 0 Å². The van der Waals surface area contributed by atoms with Crippen LogP contribution in [0, 0.1) is 11.6 Å².